The van der Waals surface area contributed by atoms with Crippen LogP contribution in [0.2, 0.25) is 0 Å². The largest absolute Gasteiger partial charge is 0.380 e. The predicted molar refractivity (Wildman–Crippen MR) is 54.3 cm³/mol. The molecule has 2 aliphatic rings. The molecule has 1 aromatic rings. The molecule has 1 aliphatic carbocycles. The van der Waals surface area contributed by atoms with Gasteiger partial charge >= 0.3 is 0 Å². The van der Waals surface area contributed by atoms with E-state index in [9.17, 15) is 0 Å². The summed E-state index contributed by atoms with van der Waals surface area (Å²) in [7, 11) is 0. The van der Waals surface area contributed by atoms with Gasteiger partial charge < -0.3 is 4.74 Å². The molecule has 14 heavy (non-hydrogen) atoms. The molecule has 2 heterocycles. The highest BCUT2D eigenvalue weighted by Gasteiger charge is 2.40. The Morgan fingerprint density at radius 3 is 3.21 bits per heavy atom. The van der Waals surface area contributed by atoms with Gasteiger partial charge in [0.05, 0.1) is 12.3 Å². The minimum absolute atomic E-state index is 0.273. The third-order valence-corrected chi connectivity index (χ3v) is 3.60. The fraction of sp³-hybridized carbons (Fsp3) is 0.583. The molecule has 1 atom stereocenters. The zero-order chi connectivity index (χ0) is 9.43. The molecule has 0 bridgehead atoms. The molecule has 0 saturated carbocycles. The van der Waals surface area contributed by atoms with Gasteiger partial charge in [0.1, 0.15) is 0 Å². The van der Waals surface area contributed by atoms with Crippen molar-refractivity contribution >= 4 is 0 Å². The lowest BCUT2D eigenvalue weighted by Crippen LogP contribution is -2.32. The first-order valence-corrected chi connectivity index (χ1v) is 5.43. The van der Waals surface area contributed by atoms with E-state index in [0.29, 0.717) is 0 Å². The van der Waals surface area contributed by atoms with Crippen molar-refractivity contribution in [2.24, 2.45) is 0 Å². The van der Waals surface area contributed by atoms with Crippen molar-refractivity contribution in [2.75, 3.05) is 13.2 Å². The number of aromatic nitrogens is 1. The number of fused-ring (bicyclic) bond motifs is 2. The highest BCUT2D eigenvalue weighted by Crippen LogP contribution is 2.41. The Balaban J connectivity index is 2.10. The highest BCUT2D eigenvalue weighted by molar-refractivity contribution is 5.31. The average molecular weight is 189 g/mol. The zero-order valence-electron chi connectivity index (χ0n) is 8.33. The number of hydrogen-bond donors (Lipinski definition) is 0. The van der Waals surface area contributed by atoms with Gasteiger partial charge in [-0.2, -0.15) is 0 Å². The molecule has 0 amide bonds. The summed E-state index contributed by atoms with van der Waals surface area (Å²) in [6.07, 6.45) is 6.84. The van der Waals surface area contributed by atoms with E-state index >= 15 is 0 Å². The normalized spacial score (nSPS) is 30.6. The van der Waals surface area contributed by atoms with E-state index in [4.69, 9.17) is 4.74 Å². The third kappa shape index (κ3) is 1.10. The van der Waals surface area contributed by atoms with Gasteiger partial charge in [0.15, 0.2) is 0 Å². The smallest absolute Gasteiger partial charge is 0.0579 e. The molecule has 1 saturated heterocycles. The molecule has 1 fully saturated rings. The summed E-state index contributed by atoms with van der Waals surface area (Å²) in [5.74, 6) is 0. The van der Waals surface area contributed by atoms with E-state index in [0.717, 1.165) is 19.6 Å². The van der Waals surface area contributed by atoms with Crippen LogP contribution in [-0.2, 0) is 16.6 Å². The summed E-state index contributed by atoms with van der Waals surface area (Å²) < 4.78 is 5.55. The number of rotatable bonds is 0. The van der Waals surface area contributed by atoms with Gasteiger partial charge in [-0.25, -0.2) is 0 Å². The fourth-order valence-corrected chi connectivity index (χ4v) is 2.84. The molecule has 0 aromatic carbocycles. The van der Waals surface area contributed by atoms with Crippen LogP contribution in [0.4, 0.5) is 0 Å². The molecule has 2 nitrogen and oxygen atoms in total. The van der Waals surface area contributed by atoms with Gasteiger partial charge in [0, 0.05) is 18.2 Å². The maximum absolute atomic E-state index is 5.55. The second-order valence-electron chi connectivity index (χ2n) is 4.45. The maximum atomic E-state index is 5.55. The Bertz CT molecular complexity index is 342. The summed E-state index contributed by atoms with van der Waals surface area (Å²) >= 11 is 0. The molecule has 0 radical (unpaired) electrons. The summed E-state index contributed by atoms with van der Waals surface area (Å²) in [5, 5.41) is 0. The Labute approximate surface area is 84.3 Å². The lowest BCUT2D eigenvalue weighted by molar-refractivity contribution is 0.170. The quantitative estimate of drug-likeness (QED) is 0.623. The second kappa shape index (κ2) is 3.06. The van der Waals surface area contributed by atoms with Crippen LogP contribution in [0.15, 0.2) is 18.3 Å². The first kappa shape index (κ1) is 8.42. The van der Waals surface area contributed by atoms with Gasteiger partial charge in [-0.1, -0.05) is 6.07 Å². The molecule has 1 aromatic heterocycles. The summed E-state index contributed by atoms with van der Waals surface area (Å²) in [6.45, 7) is 1.80. The van der Waals surface area contributed by atoms with Crippen molar-refractivity contribution in [1.29, 1.82) is 0 Å². The zero-order valence-corrected chi connectivity index (χ0v) is 8.33. The van der Waals surface area contributed by atoms with E-state index in [2.05, 4.69) is 11.1 Å². The van der Waals surface area contributed by atoms with Crippen LogP contribution in [0.5, 0.6) is 0 Å². The SMILES string of the molecule is c1cnc2c(c1)CCCC21CCOC1. The minimum Gasteiger partial charge on any atom is -0.380 e. The predicted octanol–water partition coefficient (Wildman–Crippen LogP) is 2.08. The average Bonchev–Trinajstić information content (AvgIpc) is 2.68. The number of nitrogens with zero attached hydrogens (tertiary/aromatic N) is 1. The highest BCUT2D eigenvalue weighted by atomic mass is 16.5. The number of aryl methyl sites for hydroxylation is 1. The first-order valence-electron chi connectivity index (χ1n) is 5.43. The van der Waals surface area contributed by atoms with E-state index in [-0.39, 0.29) is 5.41 Å². The third-order valence-electron chi connectivity index (χ3n) is 3.60. The fourth-order valence-electron chi connectivity index (χ4n) is 2.84. The molecule has 74 valence electrons. The van der Waals surface area contributed by atoms with Crippen molar-refractivity contribution in [3.8, 4) is 0 Å². The van der Waals surface area contributed by atoms with Crippen LogP contribution in [0.1, 0.15) is 30.5 Å². The Kier molecular flexibility index (Phi) is 1.84. The first-order chi connectivity index (χ1) is 6.91. The Hall–Kier alpha value is -0.890. The van der Waals surface area contributed by atoms with Crippen molar-refractivity contribution in [1.82, 2.24) is 4.98 Å². The van der Waals surface area contributed by atoms with Crippen molar-refractivity contribution in [3.05, 3.63) is 29.6 Å². The Morgan fingerprint density at radius 1 is 1.36 bits per heavy atom. The summed E-state index contributed by atoms with van der Waals surface area (Å²) in [6, 6.07) is 4.27. The van der Waals surface area contributed by atoms with Crippen LogP contribution in [0.3, 0.4) is 0 Å². The van der Waals surface area contributed by atoms with Crippen LogP contribution >= 0.6 is 0 Å². The van der Waals surface area contributed by atoms with E-state index < -0.39 is 0 Å². The molecule has 1 spiro atoms. The van der Waals surface area contributed by atoms with Crippen molar-refractivity contribution in [3.63, 3.8) is 0 Å². The summed E-state index contributed by atoms with van der Waals surface area (Å²) in [5.41, 5.74) is 3.04. The molecule has 3 rings (SSSR count). The van der Waals surface area contributed by atoms with E-state index in [1.54, 1.807) is 0 Å². The lowest BCUT2D eigenvalue weighted by atomic mass is 9.72. The molecule has 1 aliphatic heterocycles. The molecule has 1 unspecified atom stereocenters. The van der Waals surface area contributed by atoms with Gasteiger partial charge in [0.2, 0.25) is 0 Å². The van der Waals surface area contributed by atoms with Gasteiger partial charge in [-0.05, 0) is 37.3 Å². The van der Waals surface area contributed by atoms with Crippen LogP contribution in [0.25, 0.3) is 0 Å². The topological polar surface area (TPSA) is 22.1 Å². The monoisotopic (exact) mass is 189 g/mol. The van der Waals surface area contributed by atoms with E-state index in [1.165, 1.54) is 30.5 Å². The number of pyridine rings is 1. The lowest BCUT2D eigenvalue weighted by Gasteiger charge is -2.32. The number of hydrogen-bond acceptors (Lipinski definition) is 2. The second-order valence-corrected chi connectivity index (χ2v) is 4.45. The van der Waals surface area contributed by atoms with Gasteiger partial charge in [-0.15, -0.1) is 0 Å². The minimum atomic E-state index is 0.273. The van der Waals surface area contributed by atoms with Crippen molar-refractivity contribution in [2.45, 2.75) is 31.1 Å². The molecule has 2 heteroatoms. The molecular formula is C12H15NO. The maximum Gasteiger partial charge on any atom is 0.0579 e. The van der Waals surface area contributed by atoms with Crippen molar-refractivity contribution < 1.29 is 4.74 Å². The standard InChI is InChI=1S/C12H15NO/c1-3-10-4-2-7-13-11(10)12(5-1)6-8-14-9-12/h2,4,7H,1,3,5-6,8-9H2. The number of ether oxygens (including phenoxy) is 1. The van der Waals surface area contributed by atoms with Crippen LogP contribution < -0.4 is 0 Å². The van der Waals surface area contributed by atoms with E-state index in [1.807, 2.05) is 12.3 Å². The Morgan fingerprint density at radius 2 is 2.36 bits per heavy atom. The van der Waals surface area contributed by atoms with Gasteiger partial charge in [-0.3, -0.25) is 4.98 Å². The van der Waals surface area contributed by atoms with Gasteiger partial charge in [0.25, 0.3) is 0 Å². The van der Waals surface area contributed by atoms with Crippen LogP contribution in [-0.4, -0.2) is 18.2 Å². The summed E-state index contributed by atoms with van der Waals surface area (Å²) in [4.78, 5) is 4.57. The molecule has 0 N–H and O–H groups in total. The van der Waals surface area contributed by atoms with Crippen LogP contribution in [0, 0.1) is 0 Å². The molecular weight excluding hydrogens is 174 g/mol.